The molecule has 2 heterocycles. The minimum absolute atomic E-state index is 0.159. The lowest BCUT2D eigenvalue weighted by atomic mass is 9.33. The third-order valence-electron chi connectivity index (χ3n) is 17.5. The van der Waals surface area contributed by atoms with Gasteiger partial charge in [-0.25, -0.2) is 13.4 Å². The monoisotopic (exact) mass is 742 g/mol. The molecule has 8 rings (SSSR count). The van der Waals surface area contributed by atoms with Gasteiger partial charge >= 0.3 is 0 Å². The minimum Gasteiger partial charge on any atom is -0.476 e. The van der Waals surface area contributed by atoms with E-state index < -0.39 is 9.84 Å². The summed E-state index contributed by atoms with van der Waals surface area (Å²) >= 11 is 0. The summed E-state index contributed by atoms with van der Waals surface area (Å²) in [5.41, 5.74) is 5.23. The lowest BCUT2D eigenvalue weighted by Crippen LogP contribution is -2.67. The second-order valence-electron chi connectivity index (χ2n) is 19.9. The van der Waals surface area contributed by atoms with Crippen molar-refractivity contribution in [3.05, 3.63) is 47.2 Å². The highest BCUT2D eigenvalue weighted by Gasteiger charge is 2.69. The summed E-state index contributed by atoms with van der Waals surface area (Å²) < 4.78 is 30.0. The van der Waals surface area contributed by atoms with Crippen molar-refractivity contribution in [3.63, 3.8) is 0 Å². The number of allylic oxidation sites excluding steroid dienone is 4. The number of nitrogens with one attached hydrogen (secondary N) is 1. The molecule has 6 aliphatic carbocycles. The van der Waals surface area contributed by atoms with Crippen molar-refractivity contribution in [1.29, 1.82) is 5.26 Å². The average Bonchev–Trinajstić information content (AvgIpc) is 3.56. The molecule has 0 spiro atoms. The zero-order chi connectivity index (χ0) is 37.3. The van der Waals surface area contributed by atoms with Crippen molar-refractivity contribution in [3.8, 4) is 11.9 Å². The quantitative estimate of drug-likeness (QED) is 0.285. The molecule has 9 atom stereocenters. The lowest BCUT2D eigenvalue weighted by Gasteiger charge is -2.72. The van der Waals surface area contributed by atoms with E-state index in [1.165, 1.54) is 64.2 Å². The van der Waals surface area contributed by atoms with Crippen molar-refractivity contribution in [2.45, 2.75) is 124 Å². The fraction of sp³-hybridized carbons (Fsp3) is 0.778. The number of fused-ring (bicyclic) bond motifs is 7. The first kappa shape index (κ1) is 37.7. The van der Waals surface area contributed by atoms with E-state index in [-0.39, 0.29) is 11.0 Å². The van der Waals surface area contributed by atoms with Gasteiger partial charge in [-0.15, -0.1) is 0 Å². The van der Waals surface area contributed by atoms with E-state index >= 15 is 0 Å². The molecule has 2 unspecified atom stereocenters. The van der Waals surface area contributed by atoms with E-state index in [0.717, 1.165) is 50.1 Å². The second kappa shape index (κ2) is 13.8. The van der Waals surface area contributed by atoms with Crippen LogP contribution in [0.15, 0.2) is 41.6 Å². The molecule has 1 saturated heterocycles. The zero-order valence-electron chi connectivity index (χ0n) is 33.4. The number of rotatable bonds is 8. The number of hydrogen-bond donors (Lipinski definition) is 1. The number of hydrogen-bond acceptors (Lipinski definition) is 7. The van der Waals surface area contributed by atoms with Gasteiger partial charge in [0.15, 0.2) is 9.84 Å². The first-order valence-corrected chi connectivity index (χ1v) is 23.1. The summed E-state index contributed by atoms with van der Waals surface area (Å²) in [5, 5.41) is 13.6. The lowest BCUT2D eigenvalue weighted by molar-refractivity contribution is -0.218. The Bertz CT molecular complexity index is 1770. The molecule has 290 valence electrons. The molecule has 53 heavy (non-hydrogen) atoms. The fourth-order valence-electron chi connectivity index (χ4n) is 14.5. The molecular weight excluding hydrogens is 677 g/mol. The van der Waals surface area contributed by atoms with Crippen LogP contribution in [-0.2, 0) is 9.84 Å². The van der Waals surface area contributed by atoms with Crippen LogP contribution in [0.5, 0.6) is 5.88 Å². The number of nitriles is 1. The van der Waals surface area contributed by atoms with Gasteiger partial charge in [0, 0.05) is 37.9 Å². The predicted octanol–water partition coefficient (Wildman–Crippen LogP) is 8.52. The maximum Gasteiger partial charge on any atom is 0.231 e. The van der Waals surface area contributed by atoms with Crippen LogP contribution in [0.1, 0.15) is 124 Å². The molecule has 0 radical (unpaired) electrons. The maximum atomic E-state index is 12.0. The summed E-state index contributed by atoms with van der Waals surface area (Å²) in [4.78, 5) is 6.67. The van der Waals surface area contributed by atoms with Gasteiger partial charge in [-0.3, -0.25) is 0 Å². The SMILES string of the molecule is CC1(C)C(C2=CC[C@H](COc3ncccc3C#N)CC2)=CC[C@@]2(C)C1CC[C@]1(C)C2CC[C@@H]2[C@H]3CCC[C@]3(NCCN3CCS(=O)(=O)CC3)CC[C@]21C. The number of pyridine rings is 1. The average molecular weight is 743 g/mol. The molecule has 4 saturated carbocycles. The predicted molar refractivity (Wildman–Crippen MR) is 212 cm³/mol. The van der Waals surface area contributed by atoms with Crippen molar-refractivity contribution in [2.75, 3.05) is 44.3 Å². The van der Waals surface area contributed by atoms with Gasteiger partial charge in [0.1, 0.15) is 11.6 Å². The number of nitrogens with zero attached hydrogens (tertiary/aromatic N) is 3. The maximum absolute atomic E-state index is 12.0. The minimum atomic E-state index is -2.83. The standard InChI is InChI=1S/C45H66N4O3S/c1-41(2)35(33-12-10-32(11-13-33)31-52-40-34(30-46)8-7-23-47-40)16-19-42(3)38(41)17-20-44(5)39(42)15-14-36-37-9-6-18-45(37,22-21-43(36,44)4)48-24-25-49-26-28-53(50,51)29-27-49/h7-8,12,16,23,32,36-39,48H,6,9-11,13-15,17-22,24-29,31H2,1-5H3/t32-,36+,37+,38?,39?,42-,43+,44+,45-/m0/s1. The largest absolute Gasteiger partial charge is 0.476 e. The Labute approximate surface area is 320 Å². The summed E-state index contributed by atoms with van der Waals surface area (Å²) in [6.45, 7) is 17.4. The molecule has 1 aromatic heterocycles. The highest BCUT2D eigenvalue weighted by atomic mass is 32.2. The topological polar surface area (TPSA) is 95.3 Å². The molecule has 0 amide bonds. The molecular formula is C45H66N4O3S. The van der Waals surface area contributed by atoms with E-state index in [4.69, 9.17) is 4.74 Å². The van der Waals surface area contributed by atoms with E-state index in [0.29, 0.717) is 70.7 Å². The molecule has 5 fully saturated rings. The Morgan fingerprint density at radius 2 is 1.75 bits per heavy atom. The molecule has 0 bridgehead atoms. The van der Waals surface area contributed by atoms with Gasteiger partial charge < -0.3 is 15.0 Å². The van der Waals surface area contributed by atoms with Gasteiger partial charge in [0.05, 0.1) is 18.1 Å². The highest BCUT2D eigenvalue weighted by molar-refractivity contribution is 7.91. The van der Waals surface area contributed by atoms with Crippen LogP contribution in [0.3, 0.4) is 0 Å². The molecule has 1 aromatic rings. The molecule has 1 aliphatic heterocycles. The highest BCUT2D eigenvalue weighted by Crippen LogP contribution is 2.76. The van der Waals surface area contributed by atoms with Crippen molar-refractivity contribution >= 4 is 9.84 Å². The molecule has 1 N–H and O–H groups in total. The van der Waals surface area contributed by atoms with Crippen LogP contribution in [0.2, 0.25) is 0 Å². The third kappa shape index (κ3) is 6.26. The first-order chi connectivity index (χ1) is 25.2. The smallest absolute Gasteiger partial charge is 0.231 e. The van der Waals surface area contributed by atoms with E-state index in [1.54, 1.807) is 29.5 Å². The zero-order valence-corrected chi connectivity index (χ0v) is 34.2. The second-order valence-corrected chi connectivity index (χ2v) is 22.2. The Balaban J connectivity index is 0.948. The van der Waals surface area contributed by atoms with Crippen molar-refractivity contribution in [2.24, 2.45) is 51.2 Å². The van der Waals surface area contributed by atoms with Crippen LogP contribution in [-0.4, -0.2) is 68.1 Å². The van der Waals surface area contributed by atoms with Crippen LogP contribution < -0.4 is 10.1 Å². The van der Waals surface area contributed by atoms with E-state index in [9.17, 15) is 13.7 Å². The molecule has 0 aromatic carbocycles. The van der Waals surface area contributed by atoms with Crippen LogP contribution in [0.4, 0.5) is 0 Å². The normalized spacial score (nSPS) is 41.8. The summed E-state index contributed by atoms with van der Waals surface area (Å²) in [7, 11) is -2.83. The van der Waals surface area contributed by atoms with Gasteiger partial charge in [0.2, 0.25) is 5.88 Å². The summed E-state index contributed by atoms with van der Waals surface area (Å²) in [6.07, 6.45) is 23.6. The van der Waals surface area contributed by atoms with Crippen molar-refractivity contribution in [1.82, 2.24) is 15.2 Å². The van der Waals surface area contributed by atoms with E-state index in [2.05, 4.69) is 68.0 Å². The van der Waals surface area contributed by atoms with Crippen LogP contribution in [0, 0.1) is 62.6 Å². The summed E-state index contributed by atoms with van der Waals surface area (Å²) in [5.74, 6) is 4.59. The van der Waals surface area contributed by atoms with Crippen LogP contribution in [0.25, 0.3) is 0 Å². The van der Waals surface area contributed by atoms with Gasteiger partial charge in [-0.05, 0) is 152 Å². The first-order valence-electron chi connectivity index (χ1n) is 21.3. The Kier molecular flexibility index (Phi) is 9.79. The summed E-state index contributed by atoms with van der Waals surface area (Å²) in [6, 6.07) is 5.77. The molecule has 7 nitrogen and oxygen atoms in total. The molecule has 8 heteroatoms. The fourth-order valence-corrected chi connectivity index (χ4v) is 15.8. The van der Waals surface area contributed by atoms with Gasteiger partial charge in [-0.1, -0.05) is 53.2 Å². The van der Waals surface area contributed by atoms with E-state index in [1.807, 2.05) is 0 Å². The Morgan fingerprint density at radius 3 is 2.51 bits per heavy atom. The Morgan fingerprint density at radius 1 is 0.943 bits per heavy atom. The van der Waals surface area contributed by atoms with Crippen LogP contribution >= 0.6 is 0 Å². The van der Waals surface area contributed by atoms with Gasteiger partial charge in [0.25, 0.3) is 0 Å². The molecule has 7 aliphatic rings. The third-order valence-corrected chi connectivity index (χ3v) is 19.1. The number of sulfone groups is 1. The van der Waals surface area contributed by atoms with Crippen molar-refractivity contribution < 1.29 is 13.2 Å². The Hall–Kier alpha value is -2.21. The van der Waals surface area contributed by atoms with Gasteiger partial charge in [-0.2, -0.15) is 5.26 Å². The number of aromatic nitrogens is 1. The number of ether oxygens (including phenoxy) is 1.